The third-order valence-electron chi connectivity index (χ3n) is 2.95. The van der Waals surface area contributed by atoms with Crippen molar-refractivity contribution in [2.45, 2.75) is 38.3 Å². The lowest BCUT2D eigenvalue weighted by molar-refractivity contribution is 0.0165. The molecule has 13 heavy (non-hydrogen) atoms. The van der Waals surface area contributed by atoms with Crippen molar-refractivity contribution >= 4 is 0 Å². The van der Waals surface area contributed by atoms with Crippen molar-refractivity contribution in [1.29, 1.82) is 0 Å². The highest BCUT2D eigenvalue weighted by molar-refractivity contribution is 4.77. The highest BCUT2D eigenvalue weighted by Gasteiger charge is 2.22. The first-order valence-corrected chi connectivity index (χ1v) is 5.24. The summed E-state index contributed by atoms with van der Waals surface area (Å²) in [5, 5.41) is 0. The fourth-order valence-corrected chi connectivity index (χ4v) is 1.98. The van der Waals surface area contributed by atoms with Crippen molar-refractivity contribution < 1.29 is 4.74 Å². The highest BCUT2D eigenvalue weighted by Crippen LogP contribution is 2.15. The predicted molar refractivity (Wildman–Crippen MR) is 54.7 cm³/mol. The van der Waals surface area contributed by atoms with Crippen LogP contribution in [-0.2, 0) is 4.74 Å². The van der Waals surface area contributed by atoms with Gasteiger partial charge in [0.2, 0.25) is 0 Å². The Morgan fingerprint density at radius 2 is 2.38 bits per heavy atom. The predicted octanol–water partition coefficient (Wildman–Crippen LogP) is 0.835. The Bertz CT molecular complexity index is 141. The Balaban J connectivity index is 2.32. The number of nitrogens with zero attached hydrogens (tertiary/aromatic N) is 1. The van der Waals surface area contributed by atoms with Gasteiger partial charge in [-0.15, -0.1) is 0 Å². The molecule has 3 heteroatoms. The summed E-state index contributed by atoms with van der Waals surface area (Å²) >= 11 is 0. The zero-order chi connectivity index (χ0) is 9.68. The summed E-state index contributed by atoms with van der Waals surface area (Å²) in [4.78, 5) is 2.49. The lowest BCUT2D eigenvalue weighted by Crippen LogP contribution is -2.44. The number of hydrogen-bond donors (Lipinski definition) is 1. The third-order valence-corrected chi connectivity index (χ3v) is 2.95. The average molecular weight is 186 g/mol. The Labute approximate surface area is 81.2 Å². The van der Waals surface area contributed by atoms with Crippen LogP contribution in [0.4, 0.5) is 0 Å². The molecule has 1 rings (SSSR count). The van der Waals surface area contributed by atoms with Gasteiger partial charge in [0.05, 0.1) is 6.10 Å². The van der Waals surface area contributed by atoms with Crippen LogP contribution in [-0.4, -0.2) is 43.8 Å². The molecule has 1 aliphatic rings. The van der Waals surface area contributed by atoms with Gasteiger partial charge in [-0.2, -0.15) is 0 Å². The SMILES string of the molecule is COC1CCCN(C(C)CCN)C1. The lowest BCUT2D eigenvalue weighted by Gasteiger charge is -2.36. The molecule has 0 spiro atoms. The van der Waals surface area contributed by atoms with E-state index in [1.54, 1.807) is 0 Å². The molecule has 1 heterocycles. The van der Waals surface area contributed by atoms with Crippen molar-refractivity contribution in [3.8, 4) is 0 Å². The molecular formula is C10H22N2O. The monoisotopic (exact) mass is 186 g/mol. The number of nitrogens with two attached hydrogens (primary N) is 1. The van der Waals surface area contributed by atoms with E-state index in [4.69, 9.17) is 10.5 Å². The van der Waals surface area contributed by atoms with Crippen LogP contribution < -0.4 is 5.73 Å². The second-order valence-corrected chi connectivity index (χ2v) is 3.92. The van der Waals surface area contributed by atoms with Crippen LogP contribution in [0.25, 0.3) is 0 Å². The summed E-state index contributed by atoms with van der Waals surface area (Å²) < 4.78 is 5.38. The standard InChI is InChI=1S/C10H22N2O/c1-9(5-6-11)12-7-3-4-10(8-12)13-2/h9-10H,3-8,11H2,1-2H3. The number of piperidine rings is 1. The van der Waals surface area contributed by atoms with E-state index in [0.717, 1.165) is 19.5 Å². The fraction of sp³-hybridized carbons (Fsp3) is 1.00. The van der Waals surface area contributed by atoms with Crippen molar-refractivity contribution in [3.63, 3.8) is 0 Å². The molecule has 0 saturated carbocycles. The van der Waals surface area contributed by atoms with E-state index in [0.29, 0.717) is 12.1 Å². The average Bonchev–Trinajstić information content (AvgIpc) is 2.18. The summed E-state index contributed by atoms with van der Waals surface area (Å²) in [6.45, 7) is 5.33. The van der Waals surface area contributed by atoms with Gasteiger partial charge in [-0.25, -0.2) is 0 Å². The van der Waals surface area contributed by atoms with Gasteiger partial charge in [-0.1, -0.05) is 0 Å². The van der Waals surface area contributed by atoms with Crippen molar-refractivity contribution in [3.05, 3.63) is 0 Å². The quantitative estimate of drug-likeness (QED) is 0.707. The number of rotatable bonds is 4. The molecular weight excluding hydrogens is 164 g/mol. The molecule has 0 aliphatic carbocycles. The van der Waals surface area contributed by atoms with E-state index < -0.39 is 0 Å². The maximum absolute atomic E-state index is 5.55. The van der Waals surface area contributed by atoms with Gasteiger partial charge in [0, 0.05) is 19.7 Å². The first kappa shape index (κ1) is 11.0. The zero-order valence-electron chi connectivity index (χ0n) is 8.83. The maximum Gasteiger partial charge on any atom is 0.0698 e. The lowest BCUT2D eigenvalue weighted by atomic mass is 10.1. The number of likely N-dealkylation sites (tertiary alicyclic amines) is 1. The molecule has 0 bridgehead atoms. The normalized spacial score (nSPS) is 27.5. The molecule has 78 valence electrons. The molecule has 1 fully saturated rings. The molecule has 1 aliphatic heterocycles. The van der Waals surface area contributed by atoms with E-state index in [1.165, 1.54) is 19.4 Å². The zero-order valence-corrected chi connectivity index (χ0v) is 8.83. The van der Waals surface area contributed by atoms with Crippen LogP contribution in [0.1, 0.15) is 26.2 Å². The summed E-state index contributed by atoms with van der Waals surface area (Å²) in [5.74, 6) is 0. The van der Waals surface area contributed by atoms with Crippen LogP contribution in [0.15, 0.2) is 0 Å². The van der Waals surface area contributed by atoms with Crippen molar-refractivity contribution in [2.24, 2.45) is 5.73 Å². The van der Waals surface area contributed by atoms with Gasteiger partial charge in [0.15, 0.2) is 0 Å². The summed E-state index contributed by atoms with van der Waals surface area (Å²) in [7, 11) is 1.81. The second kappa shape index (κ2) is 5.58. The minimum absolute atomic E-state index is 0.439. The first-order chi connectivity index (χ1) is 6.27. The van der Waals surface area contributed by atoms with E-state index >= 15 is 0 Å². The van der Waals surface area contributed by atoms with Crippen LogP contribution in [0.3, 0.4) is 0 Å². The van der Waals surface area contributed by atoms with Gasteiger partial charge in [-0.05, 0) is 39.3 Å². The van der Waals surface area contributed by atoms with E-state index in [9.17, 15) is 0 Å². The van der Waals surface area contributed by atoms with Gasteiger partial charge >= 0.3 is 0 Å². The highest BCUT2D eigenvalue weighted by atomic mass is 16.5. The second-order valence-electron chi connectivity index (χ2n) is 3.92. The molecule has 0 amide bonds. The summed E-state index contributed by atoms with van der Waals surface area (Å²) in [5.41, 5.74) is 5.55. The fourth-order valence-electron chi connectivity index (χ4n) is 1.98. The number of ether oxygens (including phenoxy) is 1. The summed E-state index contributed by atoms with van der Waals surface area (Å²) in [6, 6.07) is 0.614. The van der Waals surface area contributed by atoms with Crippen LogP contribution >= 0.6 is 0 Å². The van der Waals surface area contributed by atoms with Gasteiger partial charge in [0.1, 0.15) is 0 Å². The smallest absolute Gasteiger partial charge is 0.0698 e. The minimum atomic E-state index is 0.439. The molecule has 2 unspecified atom stereocenters. The Morgan fingerprint density at radius 1 is 1.62 bits per heavy atom. The minimum Gasteiger partial charge on any atom is -0.380 e. The van der Waals surface area contributed by atoms with Crippen LogP contribution in [0.5, 0.6) is 0 Å². The number of methoxy groups -OCH3 is 1. The van der Waals surface area contributed by atoms with Crippen LogP contribution in [0.2, 0.25) is 0 Å². The largest absolute Gasteiger partial charge is 0.380 e. The van der Waals surface area contributed by atoms with Crippen molar-refractivity contribution in [2.75, 3.05) is 26.7 Å². The molecule has 2 N–H and O–H groups in total. The summed E-state index contributed by atoms with van der Waals surface area (Å²) in [6.07, 6.45) is 4.00. The van der Waals surface area contributed by atoms with E-state index in [1.807, 2.05) is 7.11 Å². The van der Waals surface area contributed by atoms with Gasteiger partial charge in [-0.3, -0.25) is 4.90 Å². The molecule has 0 aromatic carbocycles. The topological polar surface area (TPSA) is 38.5 Å². The molecule has 0 aromatic rings. The molecule has 3 nitrogen and oxygen atoms in total. The first-order valence-electron chi connectivity index (χ1n) is 5.24. The molecule has 1 saturated heterocycles. The van der Waals surface area contributed by atoms with Crippen LogP contribution in [0, 0.1) is 0 Å². The number of hydrogen-bond acceptors (Lipinski definition) is 3. The van der Waals surface area contributed by atoms with Crippen molar-refractivity contribution in [1.82, 2.24) is 4.90 Å². The van der Waals surface area contributed by atoms with Gasteiger partial charge in [0.25, 0.3) is 0 Å². The van der Waals surface area contributed by atoms with E-state index in [-0.39, 0.29) is 0 Å². The Morgan fingerprint density at radius 3 is 3.00 bits per heavy atom. The van der Waals surface area contributed by atoms with E-state index in [2.05, 4.69) is 11.8 Å². The molecule has 0 aromatic heterocycles. The Hall–Kier alpha value is -0.120. The third kappa shape index (κ3) is 3.25. The molecule has 2 atom stereocenters. The Kier molecular flexibility index (Phi) is 4.70. The maximum atomic E-state index is 5.55. The molecule has 0 radical (unpaired) electrons. The van der Waals surface area contributed by atoms with Gasteiger partial charge < -0.3 is 10.5 Å².